The van der Waals surface area contributed by atoms with Crippen LogP contribution in [0.1, 0.15) is 39.0 Å². The summed E-state index contributed by atoms with van der Waals surface area (Å²) in [7, 11) is 1.00. The Bertz CT molecular complexity index is 1160. The largest absolute Gasteiger partial charge is 0.400 e. The highest BCUT2D eigenvalue weighted by Crippen LogP contribution is 2.27. The molecule has 1 fully saturated rings. The topological polar surface area (TPSA) is 97.6 Å². The highest BCUT2D eigenvalue weighted by molar-refractivity contribution is 5.80. The van der Waals surface area contributed by atoms with Gasteiger partial charge in [0.25, 0.3) is 0 Å². The lowest BCUT2D eigenvalue weighted by Crippen LogP contribution is -2.46. The number of piperazine rings is 1. The fraction of sp³-hybridized carbons (Fsp3) is 0.500. The van der Waals surface area contributed by atoms with Gasteiger partial charge >= 0.3 is 0 Å². The van der Waals surface area contributed by atoms with Gasteiger partial charge in [0.1, 0.15) is 17.2 Å². The lowest BCUT2D eigenvalue weighted by molar-refractivity contribution is 0.0800. The Morgan fingerprint density at radius 2 is 1.72 bits per heavy atom. The minimum absolute atomic E-state index is 0.172. The van der Waals surface area contributed by atoms with E-state index >= 15 is 0 Å². The second-order valence-corrected chi connectivity index (χ2v) is 9.85. The van der Waals surface area contributed by atoms with Gasteiger partial charge in [0.15, 0.2) is 11.6 Å². The molecule has 3 heterocycles. The quantitative estimate of drug-likeness (QED) is 0.453. The number of rotatable bonds is 7. The van der Waals surface area contributed by atoms with Crippen molar-refractivity contribution in [2.75, 3.05) is 43.5 Å². The fourth-order valence-corrected chi connectivity index (χ4v) is 4.13. The number of aromatic nitrogens is 3. The van der Waals surface area contributed by atoms with Crippen LogP contribution >= 0.6 is 0 Å². The Hall–Kier alpha value is -2.95. The van der Waals surface area contributed by atoms with Crippen molar-refractivity contribution in [2.24, 2.45) is 0 Å². The van der Waals surface area contributed by atoms with Gasteiger partial charge in [0.2, 0.25) is 0 Å². The van der Waals surface area contributed by atoms with Crippen molar-refractivity contribution < 1.29 is 19.0 Å². The number of benzene rings is 1. The maximum atomic E-state index is 14.1. The zero-order valence-corrected chi connectivity index (χ0v) is 21.6. The number of nitrogens with zero attached hydrogens (tertiary/aromatic N) is 5. The third-order valence-electron chi connectivity index (χ3n) is 5.71. The van der Waals surface area contributed by atoms with E-state index in [1.54, 1.807) is 20.0 Å². The first-order valence-corrected chi connectivity index (χ1v) is 12.1. The van der Waals surface area contributed by atoms with E-state index in [1.165, 1.54) is 12.1 Å². The molecule has 0 unspecified atom stereocenters. The van der Waals surface area contributed by atoms with Gasteiger partial charge in [-0.05, 0) is 39.8 Å². The molecule has 8 nitrogen and oxygen atoms in total. The second kappa shape index (κ2) is 11.9. The van der Waals surface area contributed by atoms with E-state index in [9.17, 15) is 13.9 Å². The second-order valence-electron chi connectivity index (χ2n) is 9.85. The first kappa shape index (κ1) is 27.6. The fourth-order valence-electron chi connectivity index (χ4n) is 4.13. The molecule has 0 aliphatic carbocycles. The van der Waals surface area contributed by atoms with Gasteiger partial charge < -0.3 is 20.4 Å². The van der Waals surface area contributed by atoms with Gasteiger partial charge in [-0.2, -0.15) is 0 Å². The molecule has 2 aromatic heterocycles. The van der Waals surface area contributed by atoms with Crippen molar-refractivity contribution in [3.63, 3.8) is 0 Å². The average molecular weight is 503 g/mol. The van der Waals surface area contributed by atoms with E-state index in [0.717, 1.165) is 43.3 Å². The first-order chi connectivity index (χ1) is 17.1. The summed E-state index contributed by atoms with van der Waals surface area (Å²) in [4.78, 5) is 18.5. The molecule has 0 spiro atoms. The molecule has 0 radical (unpaired) electrons. The van der Waals surface area contributed by atoms with Gasteiger partial charge in [-0.3, -0.25) is 9.88 Å². The molecular weight excluding hydrogens is 466 g/mol. The Labute approximate surface area is 211 Å². The maximum absolute atomic E-state index is 14.1. The summed E-state index contributed by atoms with van der Waals surface area (Å²) in [5, 5.41) is 20.5. The highest BCUT2D eigenvalue weighted by atomic mass is 19.1. The van der Waals surface area contributed by atoms with Crippen LogP contribution in [0.2, 0.25) is 0 Å². The predicted octanol–water partition coefficient (Wildman–Crippen LogP) is 3.37. The first-order valence-electron chi connectivity index (χ1n) is 12.1. The summed E-state index contributed by atoms with van der Waals surface area (Å²) >= 11 is 0. The Morgan fingerprint density at radius 3 is 2.33 bits per heavy atom. The number of aliphatic hydroxyl groups is 2. The number of aliphatic hydroxyl groups excluding tert-OH is 1. The van der Waals surface area contributed by atoms with E-state index in [2.05, 4.69) is 33.9 Å². The molecule has 1 aliphatic heterocycles. The van der Waals surface area contributed by atoms with Crippen LogP contribution in [-0.4, -0.2) is 75.0 Å². The number of hydrogen-bond acceptors (Lipinski definition) is 8. The maximum Gasteiger partial charge on any atom is 0.172 e. The van der Waals surface area contributed by atoms with Gasteiger partial charge in [-0.25, -0.2) is 18.7 Å². The Balaban J connectivity index is 0.00000176. The zero-order chi connectivity index (χ0) is 26.5. The molecule has 0 bridgehead atoms. The van der Waals surface area contributed by atoms with E-state index < -0.39 is 17.2 Å². The minimum atomic E-state index is -0.858. The van der Waals surface area contributed by atoms with Crippen LogP contribution in [0.3, 0.4) is 0 Å². The van der Waals surface area contributed by atoms with Crippen LogP contribution in [0, 0.1) is 11.6 Å². The summed E-state index contributed by atoms with van der Waals surface area (Å²) < 4.78 is 27.3. The SMILES string of the molecule is CC(C)Nc1nc2cc(CC(C)(C)O)ncc2nc1N1CCN(Cc2ccc(F)cc2F)CC1.CO. The van der Waals surface area contributed by atoms with Crippen LogP contribution in [0.4, 0.5) is 20.4 Å². The van der Waals surface area contributed by atoms with E-state index in [4.69, 9.17) is 15.1 Å². The van der Waals surface area contributed by atoms with Crippen molar-refractivity contribution >= 4 is 22.7 Å². The lowest BCUT2D eigenvalue weighted by atomic mass is 10.0. The van der Waals surface area contributed by atoms with Crippen molar-refractivity contribution in [1.82, 2.24) is 19.9 Å². The van der Waals surface area contributed by atoms with Crippen molar-refractivity contribution in [3.8, 4) is 0 Å². The summed E-state index contributed by atoms with van der Waals surface area (Å²) in [6, 6.07) is 5.79. The molecule has 196 valence electrons. The number of hydrogen-bond donors (Lipinski definition) is 3. The number of anilines is 2. The molecule has 3 N–H and O–H groups in total. The molecule has 10 heteroatoms. The molecule has 3 aromatic rings. The smallest absolute Gasteiger partial charge is 0.172 e. The van der Waals surface area contributed by atoms with Crippen LogP contribution in [-0.2, 0) is 13.0 Å². The van der Waals surface area contributed by atoms with Gasteiger partial charge in [0.05, 0.1) is 17.3 Å². The molecule has 1 saturated heterocycles. The molecule has 1 aromatic carbocycles. The molecule has 0 atom stereocenters. The van der Waals surface area contributed by atoms with E-state index in [0.29, 0.717) is 43.0 Å². The Morgan fingerprint density at radius 1 is 1.03 bits per heavy atom. The molecule has 0 amide bonds. The minimum Gasteiger partial charge on any atom is -0.400 e. The van der Waals surface area contributed by atoms with Gasteiger partial charge in [0, 0.05) is 69.6 Å². The van der Waals surface area contributed by atoms with Gasteiger partial charge in [-0.1, -0.05) is 6.07 Å². The van der Waals surface area contributed by atoms with Crippen molar-refractivity contribution in [1.29, 1.82) is 0 Å². The van der Waals surface area contributed by atoms with Crippen LogP contribution < -0.4 is 10.2 Å². The normalized spacial score (nSPS) is 14.7. The third kappa shape index (κ3) is 7.28. The van der Waals surface area contributed by atoms with Crippen molar-refractivity contribution in [3.05, 3.63) is 53.4 Å². The monoisotopic (exact) mass is 502 g/mol. The average Bonchev–Trinajstić information content (AvgIpc) is 2.81. The number of fused-ring (bicyclic) bond motifs is 1. The number of halogens is 2. The third-order valence-corrected chi connectivity index (χ3v) is 5.71. The molecule has 0 saturated carbocycles. The summed E-state index contributed by atoms with van der Waals surface area (Å²) in [6.45, 7) is 10.9. The van der Waals surface area contributed by atoms with E-state index in [-0.39, 0.29) is 6.04 Å². The number of nitrogens with one attached hydrogen (secondary N) is 1. The Kier molecular flexibility index (Phi) is 9.10. The molecule has 36 heavy (non-hydrogen) atoms. The van der Waals surface area contributed by atoms with Crippen LogP contribution in [0.5, 0.6) is 0 Å². The van der Waals surface area contributed by atoms with Gasteiger partial charge in [-0.15, -0.1) is 0 Å². The predicted molar refractivity (Wildman–Crippen MR) is 138 cm³/mol. The standard InChI is InChI=1S/C25H32F2N6O.CH4O/c1-16(2)29-23-24(31-22-14-28-19(12-21(22)30-23)13-25(3,4)34)33-9-7-32(8-10-33)15-17-5-6-18(26)11-20(17)27;1-2/h5-6,11-12,14,16,34H,7-10,13,15H2,1-4H3,(H,29,30);2H,1H3. The van der Waals surface area contributed by atoms with E-state index in [1.807, 2.05) is 6.07 Å². The van der Waals surface area contributed by atoms with Crippen LogP contribution in [0.25, 0.3) is 11.0 Å². The lowest BCUT2D eigenvalue weighted by Gasteiger charge is -2.36. The molecule has 1 aliphatic rings. The molecular formula is C26H36F2N6O2. The van der Waals surface area contributed by atoms with Crippen LogP contribution in [0.15, 0.2) is 30.5 Å². The highest BCUT2D eigenvalue weighted by Gasteiger charge is 2.23. The zero-order valence-electron chi connectivity index (χ0n) is 21.6. The summed E-state index contributed by atoms with van der Waals surface area (Å²) in [6.07, 6.45) is 2.13. The summed E-state index contributed by atoms with van der Waals surface area (Å²) in [5.74, 6) is 0.405. The van der Waals surface area contributed by atoms with Crippen molar-refractivity contribution in [2.45, 2.75) is 52.3 Å². The molecule has 4 rings (SSSR count). The summed E-state index contributed by atoms with van der Waals surface area (Å²) in [5.41, 5.74) is 1.82. The number of pyridine rings is 1.